The first kappa shape index (κ1) is 12.7. The van der Waals surface area contributed by atoms with Gasteiger partial charge in [0.25, 0.3) is 0 Å². The summed E-state index contributed by atoms with van der Waals surface area (Å²) in [5.74, 6) is 2.31. The third kappa shape index (κ3) is 3.60. The van der Waals surface area contributed by atoms with E-state index in [0.717, 1.165) is 24.8 Å². The molecule has 1 aliphatic carbocycles. The van der Waals surface area contributed by atoms with E-state index < -0.39 is 0 Å². The maximum absolute atomic E-state index is 8.48. The third-order valence-electron chi connectivity index (χ3n) is 4.41. The van der Waals surface area contributed by atoms with Gasteiger partial charge in [-0.3, -0.25) is 0 Å². The fraction of sp³-hybridized carbons (Fsp3) is 0.923. The molecule has 2 fully saturated rings. The molecule has 2 atom stereocenters. The van der Waals surface area contributed by atoms with Crippen molar-refractivity contribution in [3.8, 4) is 0 Å². The molecular weight excluding hydrogens is 214 g/mol. The molecule has 2 aliphatic rings. The Bertz CT molecular complexity index is 267. The molecule has 0 aromatic rings. The molecule has 0 radical (unpaired) electrons. The van der Waals surface area contributed by atoms with Gasteiger partial charge in [-0.1, -0.05) is 24.4 Å². The number of hydrogen-bond donors (Lipinski definition) is 2. The molecule has 3 N–H and O–H groups in total. The monoisotopic (exact) mass is 239 g/mol. The van der Waals surface area contributed by atoms with E-state index in [1.165, 1.54) is 45.2 Å². The molecular formula is C13H25N3O. The average molecular weight is 239 g/mol. The summed E-state index contributed by atoms with van der Waals surface area (Å²) in [6, 6.07) is 0. The molecule has 4 heteroatoms. The minimum Gasteiger partial charge on any atom is -0.409 e. The van der Waals surface area contributed by atoms with Crippen LogP contribution in [0, 0.1) is 11.8 Å². The Morgan fingerprint density at radius 3 is 2.76 bits per heavy atom. The number of piperidine rings is 1. The molecule has 0 aromatic carbocycles. The molecule has 0 spiro atoms. The minimum atomic E-state index is 0.359. The van der Waals surface area contributed by atoms with Crippen LogP contribution in [0.2, 0.25) is 0 Å². The van der Waals surface area contributed by atoms with Crippen molar-refractivity contribution in [2.75, 3.05) is 19.6 Å². The van der Waals surface area contributed by atoms with E-state index in [4.69, 9.17) is 10.9 Å². The van der Waals surface area contributed by atoms with Crippen LogP contribution in [0.15, 0.2) is 5.16 Å². The van der Waals surface area contributed by atoms with Crippen LogP contribution in [-0.2, 0) is 0 Å². The Morgan fingerprint density at radius 1 is 1.24 bits per heavy atom. The molecule has 1 aliphatic heterocycles. The van der Waals surface area contributed by atoms with Gasteiger partial charge in [-0.2, -0.15) is 0 Å². The van der Waals surface area contributed by atoms with Crippen molar-refractivity contribution in [3.63, 3.8) is 0 Å². The lowest BCUT2D eigenvalue weighted by Gasteiger charge is -2.41. The lowest BCUT2D eigenvalue weighted by Crippen LogP contribution is -2.42. The van der Waals surface area contributed by atoms with Crippen molar-refractivity contribution >= 4 is 5.84 Å². The summed E-state index contributed by atoms with van der Waals surface area (Å²) in [6.45, 7) is 3.62. The van der Waals surface area contributed by atoms with Crippen molar-refractivity contribution in [1.82, 2.24) is 4.90 Å². The van der Waals surface area contributed by atoms with Gasteiger partial charge in [0.15, 0.2) is 0 Å². The Labute approximate surface area is 104 Å². The van der Waals surface area contributed by atoms with Crippen molar-refractivity contribution in [2.45, 2.75) is 44.9 Å². The number of fused-ring (bicyclic) bond motifs is 1. The quantitative estimate of drug-likeness (QED) is 0.341. The largest absolute Gasteiger partial charge is 0.409 e. The second kappa shape index (κ2) is 6.24. The average Bonchev–Trinajstić information content (AvgIpc) is 2.38. The van der Waals surface area contributed by atoms with Crippen LogP contribution < -0.4 is 5.73 Å². The van der Waals surface area contributed by atoms with E-state index in [0.29, 0.717) is 12.3 Å². The van der Waals surface area contributed by atoms with Gasteiger partial charge in [-0.05, 0) is 44.2 Å². The highest BCUT2D eigenvalue weighted by molar-refractivity contribution is 5.79. The molecule has 4 nitrogen and oxygen atoms in total. The zero-order valence-electron chi connectivity index (χ0n) is 10.6. The van der Waals surface area contributed by atoms with Gasteiger partial charge >= 0.3 is 0 Å². The van der Waals surface area contributed by atoms with E-state index in [1.807, 2.05) is 0 Å². The normalized spacial score (nSPS) is 31.2. The van der Waals surface area contributed by atoms with Crippen LogP contribution in [0.4, 0.5) is 0 Å². The van der Waals surface area contributed by atoms with Crippen LogP contribution in [0.5, 0.6) is 0 Å². The van der Waals surface area contributed by atoms with Crippen LogP contribution in [0.25, 0.3) is 0 Å². The number of amidine groups is 1. The summed E-state index contributed by atoms with van der Waals surface area (Å²) < 4.78 is 0. The first-order valence-corrected chi connectivity index (χ1v) is 6.98. The van der Waals surface area contributed by atoms with Gasteiger partial charge in [-0.15, -0.1) is 0 Å². The van der Waals surface area contributed by atoms with Crippen LogP contribution in [0.1, 0.15) is 44.9 Å². The van der Waals surface area contributed by atoms with Gasteiger partial charge in [0.2, 0.25) is 0 Å². The van der Waals surface area contributed by atoms with Crippen molar-refractivity contribution in [2.24, 2.45) is 22.7 Å². The Kier molecular flexibility index (Phi) is 4.66. The first-order valence-electron chi connectivity index (χ1n) is 6.98. The van der Waals surface area contributed by atoms with Crippen LogP contribution in [-0.4, -0.2) is 35.6 Å². The summed E-state index contributed by atoms with van der Waals surface area (Å²) in [5.41, 5.74) is 5.48. The second-order valence-electron chi connectivity index (χ2n) is 5.59. The molecule has 2 rings (SSSR count). The molecule has 1 heterocycles. The molecule has 98 valence electrons. The topological polar surface area (TPSA) is 61.8 Å². The number of rotatable bonds is 4. The summed E-state index contributed by atoms with van der Waals surface area (Å²) in [5, 5.41) is 11.5. The zero-order chi connectivity index (χ0) is 12.1. The fourth-order valence-electron chi connectivity index (χ4n) is 3.41. The number of oxime groups is 1. The predicted molar refractivity (Wildman–Crippen MR) is 69.1 cm³/mol. The number of nitrogens with zero attached hydrogens (tertiary/aromatic N) is 2. The Morgan fingerprint density at radius 2 is 2.00 bits per heavy atom. The van der Waals surface area contributed by atoms with E-state index >= 15 is 0 Å². The molecule has 0 amide bonds. The Hall–Kier alpha value is -0.770. The zero-order valence-corrected chi connectivity index (χ0v) is 10.6. The summed E-state index contributed by atoms with van der Waals surface area (Å²) in [6.07, 6.45) is 8.87. The van der Waals surface area contributed by atoms with E-state index in [-0.39, 0.29) is 0 Å². The van der Waals surface area contributed by atoms with Gasteiger partial charge in [-0.25, -0.2) is 0 Å². The van der Waals surface area contributed by atoms with Gasteiger partial charge in [0.1, 0.15) is 5.84 Å². The van der Waals surface area contributed by atoms with Gasteiger partial charge < -0.3 is 15.8 Å². The summed E-state index contributed by atoms with van der Waals surface area (Å²) in [4.78, 5) is 2.57. The number of likely N-dealkylation sites (tertiary alicyclic amines) is 1. The minimum absolute atomic E-state index is 0.359. The van der Waals surface area contributed by atoms with Crippen molar-refractivity contribution < 1.29 is 5.21 Å². The van der Waals surface area contributed by atoms with Gasteiger partial charge in [0.05, 0.1) is 0 Å². The smallest absolute Gasteiger partial charge is 0.139 e. The lowest BCUT2D eigenvalue weighted by molar-refractivity contribution is 0.0865. The SMILES string of the molecule is N/C(CCCN1CCC2CCCCC2C1)=N\O. The number of hydrogen-bond acceptors (Lipinski definition) is 3. The lowest BCUT2D eigenvalue weighted by atomic mass is 9.75. The van der Waals surface area contributed by atoms with Crippen LogP contribution in [0.3, 0.4) is 0 Å². The maximum atomic E-state index is 8.48. The molecule has 17 heavy (non-hydrogen) atoms. The third-order valence-corrected chi connectivity index (χ3v) is 4.41. The molecule has 0 aromatic heterocycles. The second-order valence-corrected chi connectivity index (χ2v) is 5.59. The highest BCUT2D eigenvalue weighted by atomic mass is 16.4. The molecule has 1 saturated carbocycles. The summed E-state index contributed by atoms with van der Waals surface area (Å²) >= 11 is 0. The van der Waals surface area contributed by atoms with Gasteiger partial charge in [0, 0.05) is 13.0 Å². The fourth-order valence-corrected chi connectivity index (χ4v) is 3.41. The van der Waals surface area contributed by atoms with E-state index in [1.54, 1.807) is 0 Å². The Balaban J connectivity index is 1.69. The predicted octanol–water partition coefficient (Wildman–Crippen LogP) is 2.03. The van der Waals surface area contributed by atoms with E-state index in [9.17, 15) is 0 Å². The maximum Gasteiger partial charge on any atom is 0.139 e. The van der Waals surface area contributed by atoms with E-state index in [2.05, 4.69) is 10.1 Å². The number of nitrogens with two attached hydrogens (primary N) is 1. The molecule has 1 saturated heterocycles. The van der Waals surface area contributed by atoms with Crippen LogP contribution >= 0.6 is 0 Å². The standard InChI is InChI=1S/C13H25N3O/c14-13(15-17)6-3-8-16-9-7-11-4-1-2-5-12(11)10-16/h11-12,17H,1-10H2,(H2,14,15). The molecule has 0 bridgehead atoms. The first-order chi connectivity index (χ1) is 8.29. The summed E-state index contributed by atoms with van der Waals surface area (Å²) in [7, 11) is 0. The highest BCUT2D eigenvalue weighted by Crippen LogP contribution is 2.35. The van der Waals surface area contributed by atoms with Crippen molar-refractivity contribution in [3.05, 3.63) is 0 Å². The highest BCUT2D eigenvalue weighted by Gasteiger charge is 2.30. The van der Waals surface area contributed by atoms with Crippen molar-refractivity contribution in [1.29, 1.82) is 0 Å². The molecule has 2 unspecified atom stereocenters.